The first-order valence-electron chi connectivity index (χ1n) is 7.77. The largest absolute Gasteiger partial charge is 0.374 e. The van der Waals surface area contributed by atoms with Crippen molar-refractivity contribution in [2.75, 3.05) is 13.2 Å². The van der Waals surface area contributed by atoms with E-state index in [2.05, 4.69) is 31.2 Å². The summed E-state index contributed by atoms with van der Waals surface area (Å²) in [5.74, 6) is -0.275. The summed E-state index contributed by atoms with van der Waals surface area (Å²) in [6, 6.07) is 8.72. The van der Waals surface area contributed by atoms with Crippen molar-refractivity contribution >= 4 is 0 Å². The van der Waals surface area contributed by atoms with E-state index in [9.17, 15) is 0 Å². The van der Waals surface area contributed by atoms with Crippen molar-refractivity contribution in [3.8, 4) is 0 Å². The van der Waals surface area contributed by atoms with E-state index in [1.54, 1.807) is 0 Å². The molecule has 1 aromatic rings. The molecule has 1 aliphatic carbocycles. The maximum absolute atomic E-state index is 6.03. The Morgan fingerprint density at radius 2 is 1.65 bits per heavy atom. The number of hydrogen-bond donors (Lipinski definition) is 0. The summed E-state index contributed by atoms with van der Waals surface area (Å²) in [6.07, 6.45) is 5.43. The fourth-order valence-electron chi connectivity index (χ4n) is 3.07. The van der Waals surface area contributed by atoms with Gasteiger partial charge >= 0.3 is 0 Å². The van der Waals surface area contributed by atoms with Crippen LogP contribution in [0.2, 0.25) is 0 Å². The lowest BCUT2D eigenvalue weighted by molar-refractivity contribution is -0.192. The highest BCUT2D eigenvalue weighted by molar-refractivity contribution is 5.21. The van der Waals surface area contributed by atoms with E-state index in [1.165, 1.54) is 11.1 Å². The van der Waals surface area contributed by atoms with E-state index in [4.69, 9.17) is 14.2 Å². The van der Waals surface area contributed by atoms with Gasteiger partial charge in [0.15, 0.2) is 5.79 Å². The number of ether oxygens (including phenoxy) is 3. The predicted octanol–water partition coefficient (Wildman–Crippen LogP) is 3.45. The van der Waals surface area contributed by atoms with E-state index in [0.29, 0.717) is 12.7 Å². The molecular weight excluding hydrogens is 252 g/mol. The number of hydrogen-bond acceptors (Lipinski definition) is 3. The molecule has 1 aromatic carbocycles. The third-order valence-electron chi connectivity index (χ3n) is 4.42. The molecule has 3 nitrogen and oxygen atoms in total. The first-order valence-corrected chi connectivity index (χ1v) is 7.77. The normalized spacial score (nSPS) is 22.4. The zero-order chi connectivity index (χ0) is 13.8. The molecule has 3 rings (SSSR count). The van der Waals surface area contributed by atoms with Gasteiger partial charge in [-0.2, -0.15) is 0 Å². The molecule has 0 N–H and O–H groups in total. The molecule has 3 heteroatoms. The lowest BCUT2D eigenvalue weighted by Gasteiger charge is -2.35. The molecule has 0 bridgehead atoms. The average molecular weight is 276 g/mol. The van der Waals surface area contributed by atoms with Crippen LogP contribution in [-0.4, -0.2) is 25.1 Å². The fraction of sp³-hybridized carbons (Fsp3) is 0.647. The Balaban J connectivity index is 1.45. The summed E-state index contributed by atoms with van der Waals surface area (Å²) in [5, 5.41) is 0. The number of rotatable bonds is 4. The topological polar surface area (TPSA) is 27.7 Å². The van der Waals surface area contributed by atoms with Crippen molar-refractivity contribution in [1.29, 1.82) is 0 Å². The predicted molar refractivity (Wildman–Crippen MR) is 77.5 cm³/mol. The zero-order valence-electron chi connectivity index (χ0n) is 12.3. The first-order chi connectivity index (χ1) is 9.80. The lowest BCUT2D eigenvalue weighted by Crippen LogP contribution is -2.37. The maximum Gasteiger partial charge on any atom is 0.168 e. The summed E-state index contributed by atoms with van der Waals surface area (Å²) in [4.78, 5) is 0. The minimum Gasteiger partial charge on any atom is -0.374 e. The summed E-state index contributed by atoms with van der Waals surface area (Å²) in [7, 11) is 0. The van der Waals surface area contributed by atoms with E-state index < -0.39 is 0 Å². The van der Waals surface area contributed by atoms with E-state index in [0.717, 1.165) is 45.3 Å². The Labute approximate surface area is 121 Å². The summed E-state index contributed by atoms with van der Waals surface area (Å²) in [5.41, 5.74) is 2.64. The molecular formula is C17H24O3. The summed E-state index contributed by atoms with van der Waals surface area (Å²) < 4.78 is 17.5. The second kappa shape index (κ2) is 6.25. The highest BCUT2D eigenvalue weighted by atomic mass is 16.7. The Morgan fingerprint density at radius 3 is 2.25 bits per heavy atom. The molecule has 2 fully saturated rings. The third-order valence-corrected chi connectivity index (χ3v) is 4.42. The van der Waals surface area contributed by atoms with Gasteiger partial charge in [0.25, 0.3) is 0 Å². The Kier molecular flexibility index (Phi) is 4.39. The van der Waals surface area contributed by atoms with Crippen molar-refractivity contribution in [2.24, 2.45) is 0 Å². The molecule has 0 radical (unpaired) electrons. The van der Waals surface area contributed by atoms with Gasteiger partial charge in [0.1, 0.15) is 0 Å². The van der Waals surface area contributed by atoms with Gasteiger partial charge < -0.3 is 14.2 Å². The van der Waals surface area contributed by atoms with Crippen molar-refractivity contribution in [3.63, 3.8) is 0 Å². The van der Waals surface area contributed by atoms with Crippen LogP contribution in [0, 0.1) is 0 Å². The fourth-order valence-corrected chi connectivity index (χ4v) is 3.07. The van der Waals surface area contributed by atoms with Gasteiger partial charge in [-0.15, -0.1) is 0 Å². The van der Waals surface area contributed by atoms with Crippen LogP contribution in [0.5, 0.6) is 0 Å². The van der Waals surface area contributed by atoms with Crippen LogP contribution in [0.3, 0.4) is 0 Å². The molecule has 110 valence electrons. The molecule has 1 saturated carbocycles. The molecule has 0 aromatic heterocycles. The second-order valence-corrected chi connectivity index (χ2v) is 5.79. The van der Waals surface area contributed by atoms with E-state index in [-0.39, 0.29) is 5.79 Å². The standard InChI is InChI=1S/C17H24O3/c1-2-14-3-5-15(6-4-14)13-18-16-7-9-17(10-8-16)19-11-12-20-17/h3-6,16H,2,7-13H2,1H3. The van der Waals surface area contributed by atoms with Crippen LogP contribution in [0.1, 0.15) is 43.7 Å². The molecule has 0 atom stereocenters. The molecule has 0 unspecified atom stereocenters. The van der Waals surface area contributed by atoms with Crippen LogP contribution in [0.25, 0.3) is 0 Å². The minimum atomic E-state index is -0.275. The SMILES string of the molecule is CCc1ccc(COC2CCC3(CC2)OCCO3)cc1. The molecule has 1 spiro atoms. The molecule has 1 aliphatic heterocycles. The van der Waals surface area contributed by atoms with Crippen LogP contribution < -0.4 is 0 Å². The van der Waals surface area contributed by atoms with Gasteiger partial charge in [-0.25, -0.2) is 0 Å². The number of aryl methyl sites for hydroxylation is 1. The Bertz CT molecular complexity index is 410. The van der Waals surface area contributed by atoms with Gasteiger partial charge in [-0.1, -0.05) is 31.2 Å². The zero-order valence-corrected chi connectivity index (χ0v) is 12.3. The second-order valence-electron chi connectivity index (χ2n) is 5.79. The van der Waals surface area contributed by atoms with E-state index >= 15 is 0 Å². The monoisotopic (exact) mass is 276 g/mol. The Morgan fingerprint density at radius 1 is 1.05 bits per heavy atom. The van der Waals surface area contributed by atoms with Crippen LogP contribution >= 0.6 is 0 Å². The number of benzene rings is 1. The van der Waals surface area contributed by atoms with Gasteiger partial charge in [-0.05, 0) is 30.4 Å². The maximum atomic E-state index is 6.03. The van der Waals surface area contributed by atoms with Crippen molar-refractivity contribution in [2.45, 2.75) is 57.5 Å². The lowest BCUT2D eigenvalue weighted by atomic mass is 9.92. The van der Waals surface area contributed by atoms with Crippen LogP contribution in [0.4, 0.5) is 0 Å². The van der Waals surface area contributed by atoms with Crippen LogP contribution in [-0.2, 0) is 27.2 Å². The molecule has 2 aliphatic rings. The average Bonchev–Trinajstić information content (AvgIpc) is 2.96. The van der Waals surface area contributed by atoms with Gasteiger partial charge in [0, 0.05) is 12.8 Å². The molecule has 1 saturated heterocycles. The Hall–Kier alpha value is -0.900. The van der Waals surface area contributed by atoms with Crippen LogP contribution in [0.15, 0.2) is 24.3 Å². The van der Waals surface area contributed by atoms with Gasteiger partial charge in [-0.3, -0.25) is 0 Å². The van der Waals surface area contributed by atoms with Crippen molar-refractivity contribution < 1.29 is 14.2 Å². The quantitative estimate of drug-likeness (QED) is 0.843. The van der Waals surface area contributed by atoms with Gasteiger partial charge in [0.05, 0.1) is 25.9 Å². The molecule has 1 heterocycles. The highest BCUT2D eigenvalue weighted by Crippen LogP contribution is 2.36. The third kappa shape index (κ3) is 3.22. The first kappa shape index (κ1) is 14.1. The summed E-state index contributed by atoms with van der Waals surface area (Å²) >= 11 is 0. The highest BCUT2D eigenvalue weighted by Gasteiger charge is 2.40. The van der Waals surface area contributed by atoms with Crippen molar-refractivity contribution in [3.05, 3.63) is 35.4 Å². The molecule has 20 heavy (non-hydrogen) atoms. The van der Waals surface area contributed by atoms with E-state index in [1.807, 2.05) is 0 Å². The minimum absolute atomic E-state index is 0.275. The molecule has 0 amide bonds. The van der Waals surface area contributed by atoms with Gasteiger partial charge in [0.2, 0.25) is 0 Å². The summed E-state index contributed by atoms with van der Waals surface area (Å²) in [6.45, 7) is 4.38. The van der Waals surface area contributed by atoms with Crippen molar-refractivity contribution in [1.82, 2.24) is 0 Å². The smallest absolute Gasteiger partial charge is 0.168 e.